The van der Waals surface area contributed by atoms with Gasteiger partial charge in [0.2, 0.25) is 0 Å². The maximum absolute atomic E-state index is 5.42. The fourth-order valence-corrected chi connectivity index (χ4v) is 2.57. The van der Waals surface area contributed by atoms with Gasteiger partial charge in [-0.1, -0.05) is 11.2 Å². The van der Waals surface area contributed by atoms with Crippen LogP contribution in [0.3, 0.4) is 0 Å². The van der Waals surface area contributed by atoms with Crippen LogP contribution in [0.4, 0.5) is 0 Å². The second kappa shape index (κ2) is 5.48. The Hall–Kier alpha value is -1.75. The molecule has 0 saturated carbocycles. The SMILES string of the molecule is CN1CCC[C@H](C2=NOC(c3ccccn3)=NC2)C1. The Bertz CT molecular complexity index is 497. The number of hydrogen-bond donors (Lipinski definition) is 0. The Morgan fingerprint density at radius 3 is 3.00 bits per heavy atom. The van der Waals surface area contributed by atoms with Crippen LogP contribution >= 0.6 is 0 Å². The van der Waals surface area contributed by atoms with Gasteiger partial charge >= 0.3 is 0 Å². The summed E-state index contributed by atoms with van der Waals surface area (Å²) in [6.07, 6.45) is 4.13. The number of aromatic nitrogens is 1. The molecule has 5 nitrogen and oxygen atoms in total. The van der Waals surface area contributed by atoms with Crippen LogP contribution in [0.2, 0.25) is 0 Å². The van der Waals surface area contributed by atoms with Crippen molar-refractivity contribution in [2.24, 2.45) is 16.1 Å². The molecule has 1 aromatic heterocycles. The van der Waals surface area contributed by atoms with Crippen molar-refractivity contribution in [1.82, 2.24) is 9.88 Å². The minimum atomic E-state index is 0.479. The van der Waals surface area contributed by atoms with Gasteiger partial charge in [-0.15, -0.1) is 0 Å². The predicted octanol–water partition coefficient (Wildman–Crippen LogP) is 1.56. The lowest BCUT2D eigenvalue weighted by molar-refractivity contribution is 0.238. The molecule has 3 heterocycles. The Kier molecular flexibility index (Phi) is 3.55. The van der Waals surface area contributed by atoms with Crippen LogP contribution in [0.1, 0.15) is 18.5 Å². The molecule has 0 spiro atoms. The average molecular weight is 258 g/mol. The Morgan fingerprint density at radius 2 is 2.32 bits per heavy atom. The minimum Gasteiger partial charge on any atom is -0.335 e. The lowest BCUT2D eigenvalue weighted by Crippen LogP contribution is -2.38. The lowest BCUT2D eigenvalue weighted by atomic mass is 9.93. The van der Waals surface area contributed by atoms with E-state index in [1.807, 2.05) is 18.2 Å². The molecule has 100 valence electrons. The van der Waals surface area contributed by atoms with E-state index in [0.717, 1.165) is 18.0 Å². The summed E-state index contributed by atoms with van der Waals surface area (Å²) < 4.78 is 0. The van der Waals surface area contributed by atoms with E-state index in [2.05, 4.69) is 27.1 Å². The number of rotatable bonds is 2. The summed E-state index contributed by atoms with van der Waals surface area (Å²) in [6.45, 7) is 2.86. The van der Waals surface area contributed by atoms with E-state index < -0.39 is 0 Å². The van der Waals surface area contributed by atoms with Crippen molar-refractivity contribution in [3.05, 3.63) is 30.1 Å². The van der Waals surface area contributed by atoms with Gasteiger partial charge in [0.05, 0.1) is 12.3 Å². The zero-order valence-corrected chi connectivity index (χ0v) is 11.1. The molecule has 1 atom stereocenters. The van der Waals surface area contributed by atoms with Crippen molar-refractivity contribution in [2.45, 2.75) is 12.8 Å². The first-order chi connectivity index (χ1) is 9.33. The molecule has 0 unspecified atom stereocenters. The normalized spacial score (nSPS) is 24.4. The van der Waals surface area contributed by atoms with Gasteiger partial charge in [-0.3, -0.25) is 4.98 Å². The molecule has 0 aromatic carbocycles. The molecule has 0 bridgehead atoms. The van der Waals surface area contributed by atoms with E-state index in [1.165, 1.54) is 19.4 Å². The first-order valence-corrected chi connectivity index (χ1v) is 6.71. The fourth-order valence-electron chi connectivity index (χ4n) is 2.57. The highest BCUT2D eigenvalue weighted by Crippen LogP contribution is 2.19. The van der Waals surface area contributed by atoms with Crippen LogP contribution in [0.25, 0.3) is 0 Å². The van der Waals surface area contributed by atoms with Crippen LogP contribution in [-0.2, 0) is 4.84 Å². The molecule has 3 rings (SSSR count). The first-order valence-electron chi connectivity index (χ1n) is 6.71. The number of aliphatic imine (C=N–C) groups is 1. The summed E-state index contributed by atoms with van der Waals surface area (Å²) in [6, 6.07) is 5.68. The van der Waals surface area contributed by atoms with Gasteiger partial charge in [0.25, 0.3) is 5.90 Å². The van der Waals surface area contributed by atoms with Crippen molar-refractivity contribution in [1.29, 1.82) is 0 Å². The molecular formula is C14H18N4O. The van der Waals surface area contributed by atoms with Crippen molar-refractivity contribution in [3.8, 4) is 0 Å². The van der Waals surface area contributed by atoms with E-state index >= 15 is 0 Å². The van der Waals surface area contributed by atoms with E-state index in [-0.39, 0.29) is 0 Å². The Morgan fingerprint density at radius 1 is 1.37 bits per heavy atom. The lowest BCUT2D eigenvalue weighted by Gasteiger charge is -2.30. The van der Waals surface area contributed by atoms with E-state index in [9.17, 15) is 0 Å². The Balaban J connectivity index is 1.66. The third kappa shape index (κ3) is 2.81. The van der Waals surface area contributed by atoms with Gasteiger partial charge in [-0.05, 0) is 38.6 Å². The molecule has 0 radical (unpaired) electrons. The first kappa shape index (κ1) is 12.3. The van der Waals surface area contributed by atoms with Gasteiger partial charge < -0.3 is 9.74 Å². The third-order valence-corrected chi connectivity index (χ3v) is 3.61. The molecule has 19 heavy (non-hydrogen) atoms. The van der Waals surface area contributed by atoms with E-state index in [1.54, 1.807) is 6.20 Å². The van der Waals surface area contributed by atoms with Crippen molar-refractivity contribution >= 4 is 11.6 Å². The van der Waals surface area contributed by atoms with Gasteiger partial charge in [-0.2, -0.15) is 0 Å². The predicted molar refractivity (Wildman–Crippen MR) is 74.4 cm³/mol. The zero-order valence-electron chi connectivity index (χ0n) is 11.1. The van der Waals surface area contributed by atoms with E-state index in [0.29, 0.717) is 18.4 Å². The quantitative estimate of drug-likeness (QED) is 0.809. The minimum absolute atomic E-state index is 0.479. The highest BCUT2D eigenvalue weighted by Gasteiger charge is 2.25. The highest BCUT2D eigenvalue weighted by atomic mass is 16.6. The molecule has 0 N–H and O–H groups in total. The van der Waals surface area contributed by atoms with Crippen LogP contribution < -0.4 is 0 Å². The fraction of sp³-hybridized carbons (Fsp3) is 0.500. The third-order valence-electron chi connectivity index (χ3n) is 3.61. The maximum Gasteiger partial charge on any atom is 0.270 e. The molecule has 1 fully saturated rings. The number of oxime groups is 1. The summed E-state index contributed by atoms with van der Waals surface area (Å²) >= 11 is 0. The van der Waals surface area contributed by atoms with Crippen LogP contribution in [0.5, 0.6) is 0 Å². The van der Waals surface area contributed by atoms with Gasteiger partial charge in [0, 0.05) is 18.7 Å². The largest absolute Gasteiger partial charge is 0.335 e. The average Bonchev–Trinajstić information content (AvgIpc) is 2.48. The number of pyridine rings is 1. The second-order valence-electron chi connectivity index (χ2n) is 5.11. The molecule has 5 heteroatoms. The van der Waals surface area contributed by atoms with Gasteiger partial charge in [0.15, 0.2) is 0 Å². The zero-order chi connectivity index (χ0) is 13.1. The standard InChI is InChI=1S/C14H18N4O/c1-18-8-4-5-11(10-18)13-9-16-14(19-17-13)12-6-2-3-7-15-12/h2-3,6-7,11H,4-5,8-10H2,1H3/t11-/m0/s1. The number of piperidine rings is 1. The van der Waals surface area contributed by atoms with Crippen molar-refractivity contribution in [3.63, 3.8) is 0 Å². The van der Waals surface area contributed by atoms with Crippen molar-refractivity contribution in [2.75, 3.05) is 26.7 Å². The topological polar surface area (TPSA) is 50.1 Å². The van der Waals surface area contributed by atoms with Crippen LogP contribution in [0, 0.1) is 5.92 Å². The summed E-state index contributed by atoms with van der Waals surface area (Å²) in [5.74, 6) is 1.00. The molecule has 2 aliphatic rings. The van der Waals surface area contributed by atoms with Gasteiger partial charge in [0.1, 0.15) is 5.69 Å². The summed E-state index contributed by atoms with van der Waals surface area (Å²) in [7, 11) is 2.15. The monoisotopic (exact) mass is 258 g/mol. The summed E-state index contributed by atoms with van der Waals surface area (Å²) in [5, 5.41) is 4.26. The second-order valence-corrected chi connectivity index (χ2v) is 5.11. The maximum atomic E-state index is 5.42. The molecule has 2 aliphatic heterocycles. The smallest absolute Gasteiger partial charge is 0.270 e. The van der Waals surface area contributed by atoms with Crippen LogP contribution in [-0.4, -0.2) is 48.2 Å². The molecule has 1 saturated heterocycles. The number of hydrogen-bond acceptors (Lipinski definition) is 5. The highest BCUT2D eigenvalue weighted by molar-refractivity contribution is 5.98. The van der Waals surface area contributed by atoms with Crippen LogP contribution in [0.15, 0.2) is 34.5 Å². The van der Waals surface area contributed by atoms with Crippen molar-refractivity contribution < 1.29 is 4.84 Å². The summed E-state index contributed by atoms with van der Waals surface area (Å²) in [5.41, 5.74) is 1.80. The Labute approximate surface area is 113 Å². The molecular weight excluding hydrogens is 240 g/mol. The van der Waals surface area contributed by atoms with E-state index in [4.69, 9.17) is 4.84 Å². The number of nitrogens with zero attached hydrogens (tertiary/aromatic N) is 4. The summed E-state index contributed by atoms with van der Waals surface area (Å²) in [4.78, 5) is 16.4. The van der Waals surface area contributed by atoms with Gasteiger partial charge in [-0.25, -0.2) is 4.99 Å². The molecule has 0 aliphatic carbocycles. The molecule has 1 aromatic rings. The number of likely N-dealkylation sites (tertiary alicyclic amines) is 1. The molecule has 0 amide bonds.